The van der Waals surface area contributed by atoms with Gasteiger partial charge in [-0.15, -0.1) is 0 Å². The van der Waals surface area contributed by atoms with Crippen LogP contribution in [0, 0.1) is 5.41 Å². The largest absolute Gasteiger partial charge is 0.369 e. The van der Waals surface area contributed by atoms with Crippen molar-refractivity contribution in [3.05, 3.63) is 45.2 Å². The molecule has 2 aromatic rings. The highest BCUT2D eigenvalue weighted by molar-refractivity contribution is 6.31. The zero-order valence-electron chi connectivity index (χ0n) is 13.9. The smallest absolute Gasteiger partial charge is 0.256 e. The number of nitrogens with two attached hydrogens (primary N) is 1. The molecule has 2 rings (SSSR count). The van der Waals surface area contributed by atoms with E-state index in [1.54, 1.807) is 36.6 Å². The molecule has 7 heteroatoms. The van der Waals surface area contributed by atoms with Gasteiger partial charge in [-0.05, 0) is 39.0 Å². The third-order valence-corrected chi connectivity index (χ3v) is 4.22. The van der Waals surface area contributed by atoms with E-state index in [4.69, 9.17) is 17.3 Å². The van der Waals surface area contributed by atoms with Crippen molar-refractivity contribution in [3.8, 4) is 0 Å². The molecule has 1 aromatic heterocycles. The van der Waals surface area contributed by atoms with Gasteiger partial charge >= 0.3 is 0 Å². The predicted octanol–water partition coefficient (Wildman–Crippen LogP) is 1.92. The second-order valence-corrected chi connectivity index (χ2v) is 6.69. The molecule has 2 amide bonds. The summed E-state index contributed by atoms with van der Waals surface area (Å²) in [6, 6.07) is 5.00. The lowest BCUT2D eigenvalue weighted by Gasteiger charge is -2.21. The Hall–Kier alpha value is -2.34. The first-order chi connectivity index (χ1) is 11.2. The first-order valence-corrected chi connectivity index (χ1v) is 7.96. The standard InChI is InChI=1S/C17H20ClN3O3/c1-4-21-8-12(15(23)20-9-17(2,3)16(19)24)14(22)11-7-10(18)5-6-13(11)21/h5-8H,4,9H2,1-3H3,(H2,19,24)(H,20,23). The molecule has 0 aliphatic heterocycles. The number of pyridine rings is 1. The molecule has 0 unspecified atom stereocenters. The summed E-state index contributed by atoms with van der Waals surface area (Å²) in [6.45, 7) is 5.79. The highest BCUT2D eigenvalue weighted by Crippen LogP contribution is 2.18. The molecular weight excluding hydrogens is 330 g/mol. The average Bonchev–Trinajstić information content (AvgIpc) is 2.53. The third-order valence-electron chi connectivity index (χ3n) is 3.99. The number of hydrogen-bond donors (Lipinski definition) is 2. The number of carbonyl (C=O) groups excluding carboxylic acids is 2. The Bertz CT molecular complexity index is 871. The van der Waals surface area contributed by atoms with Gasteiger partial charge in [0.2, 0.25) is 11.3 Å². The van der Waals surface area contributed by atoms with Crippen LogP contribution in [0.2, 0.25) is 5.02 Å². The molecule has 6 nitrogen and oxygen atoms in total. The minimum atomic E-state index is -0.903. The van der Waals surface area contributed by atoms with Crippen LogP contribution in [-0.2, 0) is 11.3 Å². The van der Waals surface area contributed by atoms with Crippen molar-refractivity contribution in [2.24, 2.45) is 11.1 Å². The molecule has 0 saturated heterocycles. The number of rotatable bonds is 5. The zero-order chi connectivity index (χ0) is 18.1. The van der Waals surface area contributed by atoms with E-state index < -0.39 is 22.7 Å². The van der Waals surface area contributed by atoms with Crippen LogP contribution >= 0.6 is 11.6 Å². The lowest BCUT2D eigenvalue weighted by molar-refractivity contribution is -0.125. The number of nitrogens with one attached hydrogen (secondary N) is 1. The van der Waals surface area contributed by atoms with Gasteiger partial charge in [-0.1, -0.05) is 11.6 Å². The number of benzene rings is 1. The van der Waals surface area contributed by atoms with Crippen molar-refractivity contribution in [3.63, 3.8) is 0 Å². The quantitative estimate of drug-likeness (QED) is 0.863. The topological polar surface area (TPSA) is 94.2 Å². The summed E-state index contributed by atoms with van der Waals surface area (Å²) >= 11 is 5.97. The second kappa shape index (κ2) is 6.65. The number of aryl methyl sites for hydroxylation is 1. The van der Waals surface area contributed by atoms with Crippen molar-refractivity contribution < 1.29 is 9.59 Å². The molecule has 0 fully saturated rings. The highest BCUT2D eigenvalue weighted by Gasteiger charge is 2.26. The number of carbonyl (C=O) groups is 2. The molecule has 0 bridgehead atoms. The minimum Gasteiger partial charge on any atom is -0.369 e. The Labute approximate surface area is 144 Å². The number of amides is 2. The van der Waals surface area contributed by atoms with E-state index in [1.807, 2.05) is 6.92 Å². The molecule has 0 spiro atoms. The fourth-order valence-electron chi connectivity index (χ4n) is 2.28. The summed E-state index contributed by atoms with van der Waals surface area (Å²) in [6.07, 6.45) is 1.52. The van der Waals surface area contributed by atoms with Gasteiger partial charge in [-0.2, -0.15) is 0 Å². The average molecular weight is 350 g/mol. The molecule has 3 N–H and O–H groups in total. The molecule has 0 atom stereocenters. The predicted molar refractivity (Wildman–Crippen MR) is 94.2 cm³/mol. The Morgan fingerprint density at radius 2 is 2.00 bits per heavy atom. The van der Waals surface area contributed by atoms with E-state index in [1.165, 1.54) is 6.20 Å². The van der Waals surface area contributed by atoms with Crippen LogP contribution in [0.1, 0.15) is 31.1 Å². The molecular formula is C17H20ClN3O3. The van der Waals surface area contributed by atoms with Crippen molar-refractivity contribution in [1.82, 2.24) is 9.88 Å². The molecule has 1 heterocycles. The molecule has 0 aliphatic rings. The molecule has 0 saturated carbocycles. The van der Waals surface area contributed by atoms with Crippen LogP contribution in [0.5, 0.6) is 0 Å². The summed E-state index contributed by atoms with van der Waals surface area (Å²) in [7, 11) is 0. The summed E-state index contributed by atoms with van der Waals surface area (Å²) in [4.78, 5) is 36.4. The van der Waals surface area contributed by atoms with Crippen LogP contribution in [0.3, 0.4) is 0 Å². The molecule has 24 heavy (non-hydrogen) atoms. The number of aromatic nitrogens is 1. The monoisotopic (exact) mass is 349 g/mol. The van der Waals surface area contributed by atoms with Gasteiger partial charge in [0.05, 0.1) is 10.9 Å². The van der Waals surface area contributed by atoms with E-state index in [2.05, 4.69) is 5.32 Å². The molecule has 0 radical (unpaired) electrons. The van der Waals surface area contributed by atoms with E-state index in [-0.39, 0.29) is 12.1 Å². The Balaban J connectivity index is 2.45. The number of nitrogens with zero attached hydrogens (tertiary/aromatic N) is 1. The van der Waals surface area contributed by atoms with E-state index in [0.717, 1.165) is 0 Å². The third kappa shape index (κ3) is 3.43. The minimum absolute atomic E-state index is 0.00638. The van der Waals surface area contributed by atoms with Gasteiger partial charge in [0, 0.05) is 29.7 Å². The lowest BCUT2D eigenvalue weighted by atomic mass is 9.92. The normalized spacial score (nSPS) is 11.5. The number of hydrogen-bond acceptors (Lipinski definition) is 3. The van der Waals surface area contributed by atoms with Gasteiger partial charge in [-0.3, -0.25) is 14.4 Å². The van der Waals surface area contributed by atoms with Crippen LogP contribution in [0.15, 0.2) is 29.2 Å². The summed E-state index contributed by atoms with van der Waals surface area (Å²) in [5.74, 6) is -1.07. The maximum Gasteiger partial charge on any atom is 0.256 e. The summed E-state index contributed by atoms with van der Waals surface area (Å²) in [5.41, 5.74) is 4.71. The molecule has 0 aliphatic carbocycles. The summed E-state index contributed by atoms with van der Waals surface area (Å²) in [5, 5.41) is 3.41. The second-order valence-electron chi connectivity index (χ2n) is 6.25. The fourth-order valence-corrected chi connectivity index (χ4v) is 2.45. The maximum absolute atomic E-state index is 12.6. The fraction of sp³-hybridized carbons (Fsp3) is 0.353. The molecule has 1 aromatic carbocycles. The number of halogens is 1. The number of fused-ring (bicyclic) bond motifs is 1. The Kier molecular flexibility index (Phi) is 4.99. The van der Waals surface area contributed by atoms with Crippen molar-refractivity contribution >= 4 is 34.3 Å². The Morgan fingerprint density at radius 3 is 2.58 bits per heavy atom. The van der Waals surface area contributed by atoms with Crippen LogP contribution < -0.4 is 16.5 Å². The first kappa shape index (κ1) is 18.0. The number of primary amides is 1. The maximum atomic E-state index is 12.6. The van der Waals surface area contributed by atoms with Crippen LogP contribution in [0.25, 0.3) is 10.9 Å². The van der Waals surface area contributed by atoms with Gasteiger partial charge in [0.25, 0.3) is 5.91 Å². The van der Waals surface area contributed by atoms with Gasteiger partial charge < -0.3 is 15.6 Å². The van der Waals surface area contributed by atoms with Crippen molar-refractivity contribution in [2.75, 3.05) is 6.54 Å². The lowest BCUT2D eigenvalue weighted by Crippen LogP contribution is -2.43. The van der Waals surface area contributed by atoms with Crippen molar-refractivity contribution in [1.29, 1.82) is 0 Å². The van der Waals surface area contributed by atoms with Gasteiger partial charge in [-0.25, -0.2) is 0 Å². The van der Waals surface area contributed by atoms with Crippen LogP contribution in [0.4, 0.5) is 0 Å². The van der Waals surface area contributed by atoms with E-state index >= 15 is 0 Å². The van der Waals surface area contributed by atoms with Gasteiger partial charge in [0.15, 0.2) is 0 Å². The summed E-state index contributed by atoms with van der Waals surface area (Å²) < 4.78 is 1.81. The zero-order valence-corrected chi connectivity index (χ0v) is 14.6. The SMILES string of the molecule is CCn1cc(C(=O)NCC(C)(C)C(N)=O)c(=O)c2cc(Cl)ccc21. The van der Waals surface area contributed by atoms with Crippen molar-refractivity contribution in [2.45, 2.75) is 27.3 Å². The molecule has 128 valence electrons. The highest BCUT2D eigenvalue weighted by atomic mass is 35.5. The first-order valence-electron chi connectivity index (χ1n) is 7.58. The van der Waals surface area contributed by atoms with Crippen LogP contribution in [-0.4, -0.2) is 22.9 Å². The van der Waals surface area contributed by atoms with Gasteiger partial charge in [0.1, 0.15) is 5.56 Å². The van der Waals surface area contributed by atoms with E-state index in [0.29, 0.717) is 22.5 Å². The Morgan fingerprint density at radius 1 is 1.33 bits per heavy atom. The van der Waals surface area contributed by atoms with E-state index in [9.17, 15) is 14.4 Å².